The van der Waals surface area contributed by atoms with Crippen molar-refractivity contribution in [2.24, 2.45) is 0 Å². The van der Waals surface area contributed by atoms with Gasteiger partial charge in [-0.25, -0.2) is 8.42 Å². The third kappa shape index (κ3) is 2.43. The number of carbonyl (C=O) groups is 1. The number of rotatable bonds is 3. The van der Waals surface area contributed by atoms with Crippen LogP contribution >= 0.6 is 0 Å². The Labute approximate surface area is 134 Å². The van der Waals surface area contributed by atoms with E-state index in [1.165, 1.54) is 20.2 Å². The van der Waals surface area contributed by atoms with Crippen molar-refractivity contribution in [3.05, 3.63) is 59.5 Å². The smallest absolute Gasteiger partial charge is 0.276 e. The van der Waals surface area contributed by atoms with Gasteiger partial charge in [0.15, 0.2) is 11.5 Å². The van der Waals surface area contributed by atoms with Crippen molar-refractivity contribution in [1.82, 2.24) is 9.62 Å². The van der Waals surface area contributed by atoms with E-state index in [9.17, 15) is 13.2 Å². The summed E-state index contributed by atoms with van der Waals surface area (Å²) in [5, 5.41) is 2.73. The average Bonchev–Trinajstić information content (AvgIpc) is 3.03. The van der Waals surface area contributed by atoms with Crippen molar-refractivity contribution in [2.75, 3.05) is 14.2 Å². The second-order valence-electron chi connectivity index (χ2n) is 5.13. The fourth-order valence-electron chi connectivity index (χ4n) is 2.62. The van der Waals surface area contributed by atoms with Crippen molar-refractivity contribution in [1.29, 1.82) is 0 Å². The highest BCUT2D eigenvalue weighted by Gasteiger charge is 2.38. The molecule has 1 aromatic rings. The second kappa shape index (κ2) is 5.58. The lowest BCUT2D eigenvalue weighted by Gasteiger charge is -2.30. The summed E-state index contributed by atoms with van der Waals surface area (Å²) in [6.45, 7) is 0. The van der Waals surface area contributed by atoms with Gasteiger partial charge in [-0.3, -0.25) is 9.10 Å². The number of fused-ring (bicyclic) bond motifs is 1. The van der Waals surface area contributed by atoms with Gasteiger partial charge in [0.25, 0.3) is 15.9 Å². The van der Waals surface area contributed by atoms with Crippen molar-refractivity contribution < 1.29 is 17.9 Å². The summed E-state index contributed by atoms with van der Waals surface area (Å²) in [6.07, 6.45) is 6.11. The first kappa shape index (κ1) is 15.4. The number of benzene rings is 1. The summed E-state index contributed by atoms with van der Waals surface area (Å²) >= 11 is 0. The van der Waals surface area contributed by atoms with E-state index in [0.717, 1.165) is 4.31 Å². The molecular weight excluding hydrogens is 316 g/mol. The van der Waals surface area contributed by atoms with Crippen LogP contribution in [0.5, 0.6) is 0 Å². The van der Waals surface area contributed by atoms with Gasteiger partial charge in [0, 0.05) is 24.7 Å². The van der Waals surface area contributed by atoms with Crippen LogP contribution in [0.4, 0.5) is 0 Å². The molecule has 1 N–H and O–H groups in total. The van der Waals surface area contributed by atoms with E-state index >= 15 is 0 Å². The maximum absolute atomic E-state index is 12.6. The second-order valence-corrected chi connectivity index (χ2v) is 7.07. The Bertz CT molecular complexity index is 866. The molecule has 1 aliphatic carbocycles. The molecule has 0 fully saturated rings. The Hall–Kier alpha value is -2.54. The number of hydrogen-bond acceptors (Lipinski definition) is 4. The number of nitrogens with zero attached hydrogens (tertiary/aromatic N) is 1. The number of nitrogens with one attached hydrogen (secondary N) is 1. The normalized spacial score (nSPS) is 18.5. The SMILES string of the molecule is COC1=C(C(=O)NC2=CC=CC2)N(C)S(=O)(=O)c2ccccc21. The Kier molecular flexibility index (Phi) is 3.73. The van der Waals surface area contributed by atoms with Crippen LogP contribution in [0.3, 0.4) is 0 Å². The zero-order valence-corrected chi connectivity index (χ0v) is 13.6. The molecule has 0 aromatic heterocycles. The van der Waals surface area contributed by atoms with E-state index in [-0.39, 0.29) is 16.4 Å². The molecule has 0 bridgehead atoms. The quantitative estimate of drug-likeness (QED) is 0.912. The number of likely N-dealkylation sites (N-methyl/N-ethyl adjacent to an activating group) is 1. The van der Waals surface area contributed by atoms with Crippen LogP contribution in [-0.4, -0.2) is 32.8 Å². The molecule has 23 heavy (non-hydrogen) atoms. The fraction of sp³-hybridized carbons (Fsp3) is 0.188. The number of ether oxygens (including phenoxy) is 1. The van der Waals surface area contributed by atoms with Gasteiger partial charge in [0.1, 0.15) is 0 Å². The lowest BCUT2D eigenvalue weighted by molar-refractivity contribution is -0.117. The molecule has 120 valence electrons. The van der Waals surface area contributed by atoms with Crippen LogP contribution in [0.2, 0.25) is 0 Å². The molecule has 0 saturated heterocycles. The first-order valence-electron chi connectivity index (χ1n) is 7.00. The molecule has 7 heteroatoms. The van der Waals surface area contributed by atoms with Gasteiger partial charge in [0.05, 0.1) is 12.0 Å². The molecular formula is C16H16N2O4S. The number of allylic oxidation sites excluding steroid dienone is 3. The number of sulfonamides is 1. The summed E-state index contributed by atoms with van der Waals surface area (Å²) in [5.41, 5.74) is 1.07. The van der Waals surface area contributed by atoms with Crippen LogP contribution in [0.15, 0.2) is 58.8 Å². The minimum absolute atomic E-state index is 0.0287. The molecule has 0 spiro atoms. The summed E-state index contributed by atoms with van der Waals surface area (Å²) in [7, 11) is -1.03. The van der Waals surface area contributed by atoms with Gasteiger partial charge in [-0.15, -0.1) is 0 Å². The van der Waals surface area contributed by atoms with E-state index in [0.29, 0.717) is 17.7 Å². The lowest BCUT2D eigenvalue weighted by Crippen LogP contribution is -2.39. The third-order valence-electron chi connectivity index (χ3n) is 3.76. The number of carbonyl (C=O) groups excluding carboxylic acids is 1. The maximum Gasteiger partial charge on any atom is 0.276 e. The largest absolute Gasteiger partial charge is 0.494 e. The summed E-state index contributed by atoms with van der Waals surface area (Å²) < 4.78 is 31.6. The number of methoxy groups -OCH3 is 1. The van der Waals surface area contributed by atoms with Crippen molar-refractivity contribution >= 4 is 21.7 Å². The Morgan fingerprint density at radius 1 is 1.30 bits per heavy atom. The van der Waals surface area contributed by atoms with Crippen LogP contribution in [0.1, 0.15) is 12.0 Å². The molecule has 1 aromatic carbocycles. The fourth-order valence-corrected chi connectivity index (χ4v) is 4.01. The highest BCUT2D eigenvalue weighted by molar-refractivity contribution is 7.89. The number of amides is 1. The van der Waals surface area contributed by atoms with Crippen molar-refractivity contribution in [2.45, 2.75) is 11.3 Å². The third-order valence-corrected chi connectivity index (χ3v) is 5.58. The number of hydrogen-bond donors (Lipinski definition) is 1. The zero-order valence-electron chi connectivity index (χ0n) is 12.7. The molecule has 2 aliphatic rings. The van der Waals surface area contributed by atoms with Gasteiger partial charge >= 0.3 is 0 Å². The minimum Gasteiger partial charge on any atom is -0.494 e. The molecule has 3 rings (SSSR count). The van der Waals surface area contributed by atoms with Crippen LogP contribution < -0.4 is 5.32 Å². The topological polar surface area (TPSA) is 75.7 Å². The highest BCUT2D eigenvalue weighted by Crippen LogP contribution is 2.36. The van der Waals surface area contributed by atoms with Gasteiger partial charge in [-0.1, -0.05) is 24.3 Å². The van der Waals surface area contributed by atoms with Gasteiger partial charge in [-0.05, 0) is 18.2 Å². The molecule has 1 amide bonds. The van der Waals surface area contributed by atoms with E-state index in [1.54, 1.807) is 24.3 Å². The summed E-state index contributed by atoms with van der Waals surface area (Å²) in [5.74, 6) is -0.278. The molecule has 0 atom stereocenters. The standard InChI is InChI=1S/C16H16N2O4S/c1-18-14(16(19)17-11-7-3-4-8-11)15(22-2)12-9-5-6-10-13(12)23(18,20)21/h3-7,9-10H,8H2,1-2H3,(H,17,19). The van der Waals surface area contributed by atoms with Crippen LogP contribution in [0, 0.1) is 0 Å². The maximum atomic E-state index is 12.6. The molecule has 0 radical (unpaired) electrons. The molecule has 1 aliphatic heterocycles. The monoisotopic (exact) mass is 332 g/mol. The predicted molar refractivity (Wildman–Crippen MR) is 85.3 cm³/mol. The predicted octanol–water partition coefficient (Wildman–Crippen LogP) is 1.60. The van der Waals surface area contributed by atoms with E-state index in [1.807, 2.05) is 12.2 Å². The minimum atomic E-state index is -3.79. The van der Waals surface area contributed by atoms with Crippen LogP contribution in [-0.2, 0) is 19.6 Å². The first-order valence-corrected chi connectivity index (χ1v) is 8.44. The van der Waals surface area contributed by atoms with Gasteiger partial charge in [0.2, 0.25) is 0 Å². The van der Waals surface area contributed by atoms with Crippen molar-refractivity contribution in [3.8, 4) is 0 Å². The van der Waals surface area contributed by atoms with Gasteiger partial charge in [-0.2, -0.15) is 0 Å². The first-order chi connectivity index (χ1) is 11.0. The van der Waals surface area contributed by atoms with E-state index in [4.69, 9.17) is 4.74 Å². The molecule has 0 saturated carbocycles. The Morgan fingerprint density at radius 3 is 2.70 bits per heavy atom. The molecule has 0 unspecified atom stereocenters. The van der Waals surface area contributed by atoms with Gasteiger partial charge < -0.3 is 10.1 Å². The summed E-state index contributed by atoms with van der Waals surface area (Å²) in [4.78, 5) is 12.7. The summed E-state index contributed by atoms with van der Waals surface area (Å²) in [6, 6.07) is 6.47. The van der Waals surface area contributed by atoms with E-state index < -0.39 is 15.9 Å². The van der Waals surface area contributed by atoms with E-state index in [2.05, 4.69) is 5.32 Å². The molecule has 1 heterocycles. The van der Waals surface area contributed by atoms with Crippen LogP contribution in [0.25, 0.3) is 5.76 Å². The average molecular weight is 332 g/mol. The highest BCUT2D eigenvalue weighted by atomic mass is 32.2. The zero-order chi connectivity index (χ0) is 16.6. The lowest BCUT2D eigenvalue weighted by atomic mass is 10.1. The molecule has 6 nitrogen and oxygen atoms in total. The Morgan fingerprint density at radius 2 is 2.04 bits per heavy atom. The van der Waals surface area contributed by atoms with Crippen molar-refractivity contribution in [3.63, 3.8) is 0 Å². The Balaban J connectivity index is 2.12.